The largest absolute Gasteiger partial charge is 0.481 e. The number of carbonyl (C=O) groups is 1. The predicted octanol–water partition coefficient (Wildman–Crippen LogP) is 2.65. The molecule has 1 heterocycles. The molecule has 2 atom stereocenters. The smallest absolute Gasteiger partial charge is 0.303 e. The number of aliphatic carboxylic acids is 1. The van der Waals surface area contributed by atoms with Crippen molar-refractivity contribution in [3.63, 3.8) is 0 Å². The van der Waals surface area contributed by atoms with E-state index in [0.717, 1.165) is 13.1 Å². The Morgan fingerprint density at radius 3 is 2.38 bits per heavy atom. The maximum absolute atomic E-state index is 11.1. The van der Waals surface area contributed by atoms with Crippen molar-refractivity contribution in [1.29, 1.82) is 0 Å². The summed E-state index contributed by atoms with van der Waals surface area (Å²) in [7, 11) is 4.05. The summed E-state index contributed by atoms with van der Waals surface area (Å²) in [6, 6.07) is 9.00. The van der Waals surface area contributed by atoms with Crippen molar-refractivity contribution in [2.75, 3.05) is 32.1 Å². The summed E-state index contributed by atoms with van der Waals surface area (Å²) in [6.45, 7) is 6.19. The van der Waals surface area contributed by atoms with Crippen LogP contribution in [0.3, 0.4) is 0 Å². The van der Waals surface area contributed by atoms with Gasteiger partial charge in [0.05, 0.1) is 0 Å². The molecule has 0 radical (unpaired) electrons. The first-order chi connectivity index (χ1) is 9.88. The lowest BCUT2D eigenvalue weighted by Crippen LogP contribution is -2.28. The second-order valence-corrected chi connectivity index (χ2v) is 6.50. The molecular weight excluding hydrogens is 264 g/mol. The first kappa shape index (κ1) is 15.8. The molecule has 21 heavy (non-hydrogen) atoms. The summed E-state index contributed by atoms with van der Waals surface area (Å²) in [4.78, 5) is 15.6. The lowest BCUT2D eigenvalue weighted by atomic mass is 9.87. The highest BCUT2D eigenvalue weighted by atomic mass is 16.4. The molecule has 1 saturated heterocycles. The van der Waals surface area contributed by atoms with Gasteiger partial charge in [0.25, 0.3) is 0 Å². The van der Waals surface area contributed by atoms with E-state index in [9.17, 15) is 4.79 Å². The van der Waals surface area contributed by atoms with Gasteiger partial charge in [-0.1, -0.05) is 12.1 Å². The van der Waals surface area contributed by atoms with Gasteiger partial charge in [-0.2, -0.15) is 0 Å². The monoisotopic (exact) mass is 290 g/mol. The van der Waals surface area contributed by atoms with E-state index in [0.29, 0.717) is 12.0 Å². The van der Waals surface area contributed by atoms with E-state index in [4.69, 9.17) is 5.11 Å². The normalized spacial score (nSPS) is 22.7. The summed E-state index contributed by atoms with van der Waals surface area (Å²) >= 11 is 0. The number of carboxylic acid groups (broad SMARTS) is 1. The molecule has 0 saturated carbocycles. The van der Waals surface area contributed by atoms with Crippen molar-refractivity contribution in [3.8, 4) is 0 Å². The standard InChI is InChI=1S/C17H26N2O2/c1-12(2)19-10-14(9-17(20)21)16(11-19)13-5-7-15(8-6-13)18(3)4/h5-8,12,14,16H,9-11H2,1-4H3,(H,20,21)/t14-,16+/m1/s1. The number of hydrogen-bond donors (Lipinski definition) is 1. The minimum absolute atomic E-state index is 0.204. The second kappa shape index (κ2) is 6.48. The van der Waals surface area contributed by atoms with Gasteiger partial charge in [0.15, 0.2) is 0 Å². The molecule has 0 unspecified atom stereocenters. The first-order valence-corrected chi connectivity index (χ1v) is 7.61. The zero-order valence-corrected chi connectivity index (χ0v) is 13.4. The molecule has 4 heteroatoms. The molecule has 116 valence electrons. The van der Waals surface area contributed by atoms with E-state index >= 15 is 0 Å². The number of nitrogens with zero attached hydrogens (tertiary/aromatic N) is 2. The molecule has 0 aliphatic carbocycles. The average Bonchev–Trinajstić information content (AvgIpc) is 2.82. The number of benzene rings is 1. The lowest BCUT2D eigenvalue weighted by Gasteiger charge is -2.20. The minimum Gasteiger partial charge on any atom is -0.481 e. The van der Waals surface area contributed by atoms with Gasteiger partial charge in [-0.15, -0.1) is 0 Å². The van der Waals surface area contributed by atoms with Gasteiger partial charge in [-0.25, -0.2) is 0 Å². The number of hydrogen-bond acceptors (Lipinski definition) is 3. The van der Waals surface area contributed by atoms with Gasteiger partial charge in [-0.3, -0.25) is 4.79 Å². The molecule has 0 bridgehead atoms. The Hall–Kier alpha value is -1.55. The first-order valence-electron chi connectivity index (χ1n) is 7.61. The van der Waals surface area contributed by atoms with Gasteiger partial charge in [0.1, 0.15) is 0 Å². The molecule has 0 aromatic heterocycles. The van der Waals surface area contributed by atoms with Crippen LogP contribution in [0.1, 0.15) is 31.7 Å². The van der Waals surface area contributed by atoms with E-state index in [-0.39, 0.29) is 12.3 Å². The molecule has 0 amide bonds. The zero-order chi connectivity index (χ0) is 15.6. The van der Waals surface area contributed by atoms with Crippen LogP contribution >= 0.6 is 0 Å². The molecular formula is C17H26N2O2. The Labute approximate surface area is 127 Å². The van der Waals surface area contributed by atoms with Crippen molar-refractivity contribution in [2.45, 2.75) is 32.2 Å². The third-order valence-electron chi connectivity index (χ3n) is 4.47. The van der Waals surface area contributed by atoms with Crippen LogP contribution in [-0.2, 0) is 4.79 Å². The highest BCUT2D eigenvalue weighted by Crippen LogP contribution is 2.36. The van der Waals surface area contributed by atoms with E-state index < -0.39 is 5.97 Å². The van der Waals surface area contributed by atoms with E-state index in [1.54, 1.807) is 0 Å². The van der Waals surface area contributed by atoms with Crippen molar-refractivity contribution in [2.24, 2.45) is 5.92 Å². The van der Waals surface area contributed by atoms with Crippen LogP contribution in [-0.4, -0.2) is 49.2 Å². The van der Waals surface area contributed by atoms with Crippen LogP contribution in [0.25, 0.3) is 0 Å². The van der Waals surface area contributed by atoms with E-state index in [1.165, 1.54) is 11.3 Å². The number of anilines is 1. The maximum atomic E-state index is 11.1. The number of likely N-dealkylation sites (tertiary alicyclic amines) is 1. The number of rotatable bonds is 5. The van der Waals surface area contributed by atoms with Crippen molar-refractivity contribution in [1.82, 2.24) is 4.90 Å². The topological polar surface area (TPSA) is 43.8 Å². The molecule has 1 aromatic carbocycles. The fraction of sp³-hybridized carbons (Fsp3) is 0.588. The Bertz CT molecular complexity index is 482. The van der Waals surface area contributed by atoms with Crippen molar-refractivity contribution < 1.29 is 9.90 Å². The predicted molar refractivity (Wildman–Crippen MR) is 86.0 cm³/mol. The fourth-order valence-corrected chi connectivity index (χ4v) is 3.15. The van der Waals surface area contributed by atoms with Crippen LogP contribution in [0, 0.1) is 5.92 Å². The van der Waals surface area contributed by atoms with Gasteiger partial charge >= 0.3 is 5.97 Å². The van der Waals surface area contributed by atoms with Gasteiger partial charge in [0, 0.05) is 51.3 Å². The van der Waals surface area contributed by atoms with Gasteiger partial charge in [-0.05, 0) is 37.5 Å². The molecule has 1 aliphatic rings. The van der Waals surface area contributed by atoms with E-state index in [1.807, 2.05) is 14.1 Å². The lowest BCUT2D eigenvalue weighted by molar-refractivity contribution is -0.138. The van der Waals surface area contributed by atoms with Gasteiger partial charge in [0.2, 0.25) is 0 Å². The molecule has 1 aliphatic heterocycles. The quantitative estimate of drug-likeness (QED) is 0.905. The Kier molecular flexibility index (Phi) is 4.88. The van der Waals surface area contributed by atoms with Gasteiger partial charge < -0.3 is 14.9 Å². The Morgan fingerprint density at radius 1 is 1.29 bits per heavy atom. The second-order valence-electron chi connectivity index (χ2n) is 6.50. The summed E-state index contributed by atoms with van der Waals surface area (Å²) in [5.74, 6) is -0.171. The van der Waals surface area contributed by atoms with Crippen LogP contribution in [0.5, 0.6) is 0 Å². The molecule has 1 fully saturated rings. The van der Waals surface area contributed by atoms with E-state index in [2.05, 4.69) is 47.9 Å². The third-order valence-corrected chi connectivity index (χ3v) is 4.47. The van der Waals surface area contributed by atoms with Crippen LogP contribution < -0.4 is 4.90 Å². The van der Waals surface area contributed by atoms with Crippen molar-refractivity contribution >= 4 is 11.7 Å². The summed E-state index contributed by atoms with van der Waals surface area (Å²) < 4.78 is 0. The molecule has 2 rings (SSSR count). The highest BCUT2D eigenvalue weighted by Gasteiger charge is 2.35. The SMILES string of the molecule is CC(C)N1C[C@@H](CC(=O)O)[C@H](c2ccc(N(C)C)cc2)C1. The molecule has 4 nitrogen and oxygen atoms in total. The Balaban J connectivity index is 2.19. The number of carboxylic acids is 1. The molecule has 1 aromatic rings. The average molecular weight is 290 g/mol. The third kappa shape index (κ3) is 3.76. The summed E-state index contributed by atoms with van der Waals surface area (Å²) in [5, 5.41) is 9.16. The summed E-state index contributed by atoms with van der Waals surface area (Å²) in [5.41, 5.74) is 2.43. The van der Waals surface area contributed by atoms with Crippen molar-refractivity contribution in [3.05, 3.63) is 29.8 Å². The van der Waals surface area contributed by atoms with Crippen LogP contribution in [0.15, 0.2) is 24.3 Å². The maximum Gasteiger partial charge on any atom is 0.303 e. The Morgan fingerprint density at radius 2 is 1.90 bits per heavy atom. The summed E-state index contributed by atoms with van der Waals surface area (Å²) in [6.07, 6.45) is 0.253. The molecule has 0 spiro atoms. The van der Waals surface area contributed by atoms with Crippen LogP contribution in [0.2, 0.25) is 0 Å². The zero-order valence-electron chi connectivity index (χ0n) is 13.4. The molecule has 1 N–H and O–H groups in total. The fourth-order valence-electron chi connectivity index (χ4n) is 3.15. The van der Waals surface area contributed by atoms with Crippen LogP contribution in [0.4, 0.5) is 5.69 Å². The minimum atomic E-state index is -0.694. The highest BCUT2D eigenvalue weighted by molar-refractivity contribution is 5.67.